The highest BCUT2D eigenvalue weighted by molar-refractivity contribution is 7.97. The topological polar surface area (TPSA) is 20.3 Å². The molecule has 58 valence electrons. The minimum Gasteiger partial charge on any atom is -0.285 e. The Kier molecular flexibility index (Phi) is 1.65. The molecule has 0 N–H and O–H groups in total. The van der Waals surface area contributed by atoms with Gasteiger partial charge in [-0.2, -0.15) is 11.3 Å². The fraction of sp³-hybridized carbons (Fsp3) is 0.286. The molecule has 1 aliphatic rings. The lowest BCUT2D eigenvalue weighted by Crippen LogP contribution is -2.24. The van der Waals surface area contributed by atoms with Crippen LogP contribution in [0.4, 0.5) is 0 Å². The fourth-order valence-electron chi connectivity index (χ4n) is 0.993. The SMILES string of the molecule is CN1Sc2cscc2CC1=O. The summed E-state index contributed by atoms with van der Waals surface area (Å²) < 4.78 is 1.69. The zero-order valence-corrected chi connectivity index (χ0v) is 7.67. The maximum atomic E-state index is 11.2. The van der Waals surface area contributed by atoms with Crippen LogP contribution in [0.15, 0.2) is 15.7 Å². The van der Waals surface area contributed by atoms with Gasteiger partial charge >= 0.3 is 0 Å². The third-order valence-corrected chi connectivity index (χ3v) is 3.63. The highest BCUT2D eigenvalue weighted by Gasteiger charge is 2.20. The predicted molar refractivity (Wildman–Crippen MR) is 46.7 cm³/mol. The smallest absolute Gasteiger partial charge is 0.236 e. The van der Waals surface area contributed by atoms with Crippen molar-refractivity contribution in [3.8, 4) is 0 Å². The van der Waals surface area contributed by atoms with Crippen LogP contribution in [0.25, 0.3) is 0 Å². The van der Waals surface area contributed by atoms with Crippen molar-refractivity contribution in [3.63, 3.8) is 0 Å². The highest BCUT2D eigenvalue weighted by atomic mass is 32.2. The van der Waals surface area contributed by atoms with E-state index in [4.69, 9.17) is 0 Å². The van der Waals surface area contributed by atoms with E-state index < -0.39 is 0 Å². The molecule has 1 aromatic rings. The highest BCUT2D eigenvalue weighted by Crippen LogP contribution is 2.33. The number of amides is 1. The van der Waals surface area contributed by atoms with E-state index in [1.165, 1.54) is 22.4 Å². The molecule has 1 aliphatic heterocycles. The summed E-state index contributed by atoms with van der Waals surface area (Å²) in [6, 6.07) is 0. The average molecular weight is 185 g/mol. The standard InChI is InChI=1S/C7H7NOS2/c1-8-7(9)2-5-3-10-4-6(5)11-8/h3-4H,2H2,1H3. The van der Waals surface area contributed by atoms with E-state index in [9.17, 15) is 4.79 Å². The lowest BCUT2D eigenvalue weighted by Gasteiger charge is -2.20. The van der Waals surface area contributed by atoms with E-state index in [1.54, 1.807) is 15.6 Å². The molecule has 2 heterocycles. The minimum absolute atomic E-state index is 0.195. The van der Waals surface area contributed by atoms with E-state index >= 15 is 0 Å². The molecule has 0 radical (unpaired) electrons. The Bertz CT molecular complexity index is 294. The van der Waals surface area contributed by atoms with Gasteiger partial charge in [-0.15, -0.1) is 0 Å². The molecule has 11 heavy (non-hydrogen) atoms. The lowest BCUT2D eigenvalue weighted by atomic mass is 10.2. The van der Waals surface area contributed by atoms with Crippen LogP contribution in [0, 0.1) is 0 Å². The number of carbonyl (C=O) groups excluding carboxylic acids is 1. The maximum absolute atomic E-state index is 11.2. The third-order valence-electron chi connectivity index (χ3n) is 1.63. The Balaban J connectivity index is 2.37. The van der Waals surface area contributed by atoms with Gasteiger partial charge in [-0.25, -0.2) is 0 Å². The largest absolute Gasteiger partial charge is 0.285 e. The van der Waals surface area contributed by atoms with Crippen LogP contribution in [-0.4, -0.2) is 17.3 Å². The summed E-state index contributed by atoms with van der Waals surface area (Å²) >= 11 is 3.18. The molecule has 0 unspecified atom stereocenters. The molecule has 4 heteroatoms. The molecule has 0 bridgehead atoms. The zero-order valence-electron chi connectivity index (χ0n) is 6.03. The predicted octanol–water partition coefficient (Wildman–Crippen LogP) is 1.77. The lowest BCUT2D eigenvalue weighted by molar-refractivity contribution is -0.124. The van der Waals surface area contributed by atoms with Gasteiger partial charge in [-0.3, -0.25) is 9.10 Å². The number of rotatable bonds is 0. The van der Waals surface area contributed by atoms with E-state index in [0.717, 1.165) is 0 Å². The van der Waals surface area contributed by atoms with Crippen molar-refractivity contribution in [2.45, 2.75) is 11.3 Å². The van der Waals surface area contributed by atoms with Gasteiger partial charge in [0.1, 0.15) is 0 Å². The molecule has 0 atom stereocenters. The first-order valence-corrected chi connectivity index (χ1v) is 4.98. The number of hydrogen-bond acceptors (Lipinski definition) is 3. The van der Waals surface area contributed by atoms with Crippen LogP contribution >= 0.6 is 23.3 Å². The van der Waals surface area contributed by atoms with Crippen LogP contribution in [0.5, 0.6) is 0 Å². The minimum atomic E-state index is 0.195. The summed E-state index contributed by atoms with van der Waals surface area (Å²) in [5.74, 6) is 0.195. The van der Waals surface area contributed by atoms with Gasteiger partial charge in [0.15, 0.2) is 0 Å². The van der Waals surface area contributed by atoms with Crippen molar-refractivity contribution < 1.29 is 4.79 Å². The van der Waals surface area contributed by atoms with Gasteiger partial charge in [0.2, 0.25) is 5.91 Å². The molecule has 0 spiro atoms. The van der Waals surface area contributed by atoms with Gasteiger partial charge in [-0.1, -0.05) is 0 Å². The molecule has 0 aliphatic carbocycles. The van der Waals surface area contributed by atoms with Gasteiger partial charge in [-0.05, 0) is 22.9 Å². The van der Waals surface area contributed by atoms with Crippen LogP contribution in [0.1, 0.15) is 5.56 Å². The van der Waals surface area contributed by atoms with Gasteiger partial charge in [0, 0.05) is 17.3 Å². The summed E-state index contributed by atoms with van der Waals surface area (Å²) in [6.45, 7) is 0. The molecule has 0 saturated heterocycles. The van der Waals surface area contributed by atoms with E-state index in [0.29, 0.717) is 6.42 Å². The molecular formula is C7H7NOS2. The Morgan fingerprint density at radius 3 is 3.18 bits per heavy atom. The monoisotopic (exact) mass is 185 g/mol. The van der Waals surface area contributed by atoms with Crippen molar-refractivity contribution in [3.05, 3.63) is 16.3 Å². The molecule has 1 amide bonds. The van der Waals surface area contributed by atoms with Crippen molar-refractivity contribution in [2.75, 3.05) is 7.05 Å². The maximum Gasteiger partial charge on any atom is 0.236 e. The molecule has 0 aromatic carbocycles. The number of fused-ring (bicyclic) bond motifs is 1. The normalized spacial score (nSPS) is 16.8. The molecule has 1 aromatic heterocycles. The quantitative estimate of drug-likeness (QED) is 0.574. The second-order valence-corrected chi connectivity index (χ2v) is 4.33. The molecule has 0 fully saturated rings. The molecule has 2 nitrogen and oxygen atoms in total. The van der Waals surface area contributed by atoms with Gasteiger partial charge in [0.25, 0.3) is 0 Å². The first kappa shape index (κ1) is 7.18. The van der Waals surface area contributed by atoms with Gasteiger partial charge < -0.3 is 0 Å². The van der Waals surface area contributed by atoms with Crippen molar-refractivity contribution in [1.82, 2.24) is 4.31 Å². The fourth-order valence-corrected chi connectivity index (χ4v) is 2.83. The molecule has 0 saturated carbocycles. The zero-order chi connectivity index (χ0) is 7.84. The number of nitrogens with zero attached hydrogens (tertiary/aromatic N) is 1. The van der Waals surface area contributed by atoms with Crippen molar-refractivity contribution in [2.24, 2.45) is 0 Å². The van der Waals surface area contributed by atoms with Gasteiger partial charge in [0.05, 0.1) is 6.42 Å². The molecular weight excluding hydrogens is 178 g/mol. The first-order chi connectivity index (χ1) is 5.27. The van der Waals surface area contributed by atoms with Crippen LogP contribution < -0.4 is 0 Å². The number of likely N-dealkylation sites (N-methyl/N-ethyl adjacent to an activating group) is 1. The summed E-state index contributed by atoms with van der Waals surface area (Å²) in [4.78, 5) is 12.4. The second-order valence-electron chi connectivity index (χ2n) is 2.42. The summed E-state index contributed by atoms with van der Waals surface area (Å²) in [6.07, 6.45) is 0.572. The summed E-state index contributed by atoms with van der Waals surface area (Å²) in [5.41, 5.74) is 1.18. The average Bonchev–Trinajstić information content (AvgIpc) is 2.36. The van der Waals surface area contributed by atoms with Crippen LogP contribution in [0.2, 0.25) is 0 Å². The summed E-state index contributed by atoms with van der Waals surface area (Å²) in [7, 11) is 1.81. The third kappa shape index (κ3) is 1.16. The Labute approximate surface area is 73.3 Å². The van der Waals surface area contributed by atoms with E-state index in [2.05, 4.69) is 5.38 Å². The summed E-state index contributed by atoms with van der Waals surface area (Å²) in [5, 5.41) is 4.14. The van der Waals surface area contributed by atoms with Crippen molar-refractivity contribution >= 4 is 29.2 Å². The number of hydrogen-bond donors (Lipinski definition) is 0. The van der Waals surface area contributed by atoms with Crippen LogP contribution in [0.3, 0.4) is 0 Å². The second kappa shape index (κ2) is 2.53. The number of thiophene rings is 1. The Morgan fingerprint density at radius 2 is 2.36 bits per heavy atom. The first-order valence-electron chi connectivity index (χ1n) is 3.27. The van der Waals surface area contributed by atoms with Crippen LogP contribution in [-0.2, 0) is 11.2 Å². The van der Waals surface area contributed by atoms with E-state index in [-0.39, 0.29) is 5.91 Å². The number of carbonyl (C=O) groups is 1. The Hall–Kier alpha value is -0.480. The van der Waals surface area contributed by atoms with Crippen molar-refractivity contribution in [1.29, 1.82) is 0 Å². The Morgan fingerprint density at radius 1 is 1.55 bits per heavy atom. The van der Waals surface area contributed by atoms with E-state index in [1.807, 2.05) is 12.4 Å². The molecule has 2 rings (SSSR count).